The fraction of sp³-hybridized carbons (Fsp3) is 0.0656. The first-order chi connectivity index (χ1) is 31.5. The molecule has 12 rings (SSSR count). The Morgan fingerprint density at radius 2 is 0.688 bits per heavy atom. The minimum Gasteiger partial charge on any atom is -0.208 e. The van der Waals surface area contributed by atoms with Gasteiger partial charge in [-0.25, -0.2) is 15.0 Å². The Morgan fingerprint density at radius 3 is 1.30 bits per heavy atom. The average Bonchev–Trinajstić information content (AvgIpc) is 3.79. The summed E-state index contributed by atoms with van der Waals surface area (Å²) in [5, 5.41) is 0. The second-order valence-electron chi connectivity index (χ2n) is 17.5. The van der Waals surface area contributed by atoms with Crippen molar-refractivity contribution in [3.63, 3.8) is 0 Å². The predicted molar refractivity (Wildman–Crippen MR) is 262 cm³/mol. The fourth-order valence-corrected chi connectivity index (χ4v) is 10.6. The summed E-state index contributed by atoms with van der Waals surface area (Å²) in [4.78, 5) is 15.6. The molecule has 1 aromatic heterocycles. The van der Waals surface area contributed by atoms with E-state index >= 15 is 0 Å². The van der Waals surface area contributed by atoms with Gasteiger partial charge in [0.2, 0.25) is 0 Å². The molecule has 0 spiro atoms. The maximum atomic E-state index is 5.26. The zero-order valence-electron chi connectivity index (χ0n) is 35.7. The van der Waals surface area contributed by atoms with Crippen molar-refractivity contribution in [2.45, 2.75) is 24.7 Å². The summed E-state index contributed by atoms with van der Waals surface area (Å²) in [6.07, 6.45) is 0. The number of benzene rings is 9. The van der Waals surface area contributed by atoms with E-state index in [9.17, 15) is 0 Å². The van der Waals surface area contributed by atoms with Gasteiger partial charge in [-0.3, -0.25) is 0 Å². The van der Waals surface area contributed by atoms with Gasteiger partial charge in [0.15, 0.2) is 17.5 Å². The van der Waals surface area contributed by atoms with Gasteiger partial charge in [-0.15, -0.1) is 0 Å². The zero-order chi connectivity index (χ0) is 42.8. The Kier molecular flexibility index (Phi) is 8.74. The highest BCUT2D eigenvalue weighted by molar-refractivity contribution is 5.95. The molecule has 2 aliphatic carbocycles. The van der Waals surface area contributed by atoms with E-state index < -0.39 is 5.41 Å². The highest BCUT2D eigenvalue weighted by Crippen LogP contribution is 2.58. The summed E-state index contributed by atoms with van der Waals surface area (Å²) in [7, 11) is 0. The van der Waals surface area contributed by atoms with Crippen molar-refractivity contribution in [3.8, 4) is 78.7 Å². The van der Waals surface area contributed by atoms with Crippen molar-refractivity contribution < 1.29 is 0 Å². The highest BCUT2D eigenvalue weighted by atomic mass is 15.0. The molecule has 0 saturated heterocycles. The van der Waals surface area contributed by atoms with E-state index in [-0.39, 0.29) is 5.41 Å². The molecule has 9 aromatic carbocycles. The van der Waals surface area contributed by atoms with Crippen molar-refractivity contribution in [1.82, 2.24) is 15.0 Å². The van der Waals surface area contributed by atoms with Crippen molar-refractivity contribution in [1.29, 1.82) is 0 Å². The molecule has 0 fully saturated rings. The molecule has 302 valence electrons. The maximum Gasteiger partial charge on any atom is 0.164 e. The molecule has 0 amide bonds. The summed E-state index contributed by atoms with van der Waals surface area (Å²) in [6, 6.07) is 81.1. The van der Waals surface area contributed by atoms with E-state index in [1.165, 1.54) is 72.3 Å². The number of rotatable bonds is 7. The minimum absolute atomic E-state index is 0.0932. The van der Waals surface area contributed by atoms with Crippen LogP contribution in [0.5, 0.6) is 0 Å². The van der Waals surface area contributed by atoms with E-state index in [0.29, 0.717) is 17.5 Å². The summed E-state index contributed by atoms with van der Waals surface area (Å²) in [6.45, 7) is 4.71. The van der Waals surface area contributed by atoms with Gasteiger partial charge in [-0.1, -0.05) is 226 Å². The average molecular weight is 818 g/mol. The number of nitrogens with zero attached hydrogens (tertiary/aromatic N) is 3. The first-order valence-electron chi connectivity index (χ1n) is 22.1. The Balaban J connectivity index is 1.07. The van der Waals surface area contributed by atoms with Gasteiger partial charge < -0.3 is 0 Å². The van der Waals surface area contributed by atoms with E-state index in [2.05, 4.69) is 214 Å². The Labute approximate surface area is 374 Å². The van der Waals surface area contributed by atoms with Gasteiger partial charge in [0.25, 0.3) is 0 Å². The number of hydrogen-bond acceptors (Lipinski definition) is 3. The second-order valence-corrected chi connectivity index (χ2v) is 17.5. The van der Waals surface area contributed by atoms with E-state index in [1.807, 2.05) is 24.3 Å². The Hall–Kier alpha value is -8.01. The van der Waals surface area contributed by atoms with Crippen molar-refractivity contribution in [2.75, 3.05) is 0 Å². The molecular formula is C61H43N3. The molecule has 0 bridgehead atoms. The third-order valence-electron chi connectivity index (χ3n) is 13.6. The zero-order valence-corrected chi connectivity index (χ0v) is 35.7. The van der Waals surface area contributed by atoms with Crippen molar-refractivity contribution >= 4 is 0 Å². The minimum atomic E-state index is -0.639. The SMILES string of the molecule is CC1(C)c2ccccc2-c2c(-c3ccc4c(c3)C(c3ccccc3)(c3ccccc3)c3cc(-c5nc(-c6ccccc6)nc(-c6ccc(-c7ccccc7)cc6)n5)ccc3-4)cccc21. The van der Waals surface area contributed by atoms with Crippen LogP contribution >= 0.6 is 0 Å². The summed E-state index contributed by atoms with van der Waals surface area (Å²) >= 11 is 0. The molecule has 2 aliphatic rings. The monoisotopic (exact) mass is 817 g/mol. The third kappa shape index (κ3) is 5.85. The highest BCUT2D eigenvalue weighted by Gasteiger charge is 2.47. The Morgan fingerprint density at radius 1 is 0.281 bits per heavy atom. The van der Waals surface area contributed by atoms with Crippen LogP contribution < -0.4 is 0 Å². The van der Waals surface area contributed by atoms with Gasteiger partial charge in [0.05, 0.1) is 5.41 Å². The van der Waals surface area contributed by atoms with Gasteiger partial charge in [-0.05, 0) is 90.0 Å². The van der Waals surface area contributed by atoms with E-state index in [4.69, 9.17) is 15.0 Å². The van der Waals surface area contributed by atoms with Crippen LogP contribution in [0.15, 0.2) is 224 Å². The molecule has 3 heteroatoms. The molecule has 0 unspecified atom stereocenters. The first kappa shape index (κ1) is 37.7. The van der Waals surface area contributed by atoms with Crippen LogP contribution in [-0.2, 0) is 10.8 Å². The molecule has 1 heterocycles. The summed E-state index contributed by atoms with van der Waals surface area (Å²) < 4.78 is 0. The topological polar surface area (TPSA) is 38.7 Å². The largest absolute Gasteiger partial charge is 0.208 e. The van der Waals surface area contributed by atoms with Crippen LogP contribution in [0.2, 0.25) is 0 Å². The lowest BCUT2D eigenvalue weighted by atomic mass is 9.67. The van der Waals surface area contributed by atoms with Gasteiger partial charge >= 0.3 is 0 Å². The number of aromatic nitrogens is 3. The molecular weight excluding hydrogens is 775 g/mol. The molecule has 64 heavy (non-hydrogen) atoms. The lowest BCUT2D eigenvalue weighted by Crippen LogP contribution is -2.28. The lowest BCUT2D eigenvalue weighted by molar-refractivity contribution is 0.660. The normalized spacial score (nSPS) is 13.7. The van der Waals surface area contributed by atoms with Crippen LogP contribution in [0.3, 0.4) is 0 Å². The molecule has 0 N–H and O–H groups in total. The summed E-state index contributed by atoms with van der Waals surface area (Å²) in [5.41, 5.74) is 19.6. The van der Waals surface area contributed by atoms with Crippen LogP contribution in [0.25, 0.3) is 78.7 Å². The maximum absolute atomic E-state index is 5.26. The van der Waals surface area contributed by atoms with Crippen LogP contribution in [-0.4, -0.2) is 15.0 Å². The van der Waals surface area contributed by atoms with Gasteiger partial charge in [-0.2, -0.15) is 0 Å². The van der Waals surface area contributed by atoms with Crippen LogP contribution in [0.4, 0.5) is 0 Å². The Bertz CT molecular complexity index is 3340. The molecule has 10 aromatic rings. The predicted octanol–water partition coefficient (Wildman–Crippen LogP) is 14.9. The third-order valence-corrected chi connectivity index (χ3v) is 13.6. The van der Waals surface area contributed by atoms with Crippen LogP contribution in [0, 0.1) is 0 Å². The fourth-order valence-electron chi connectivity index (χ4n) is 10.6. The first-order valence-corrected chi connectivity index (χ1v) is 22.1. The van der Waals surface area contributed by atoms with Gasteiger partial charge in [0, 0.05) is 22.1 Å². The van der Waals surface area contributed by atoms with E-state index in [0.717, 1.165) is 22.3 Å². The quantitative estimate of drug-likeness (QED) is 0.161. The number of fused-ring (bicyclic) bond motifs is 6. The van der Waals surface area contributed by atoms with Crippen LogP contribution in [0.1, 0.15) is 47.2 Å². The molecule has 0 atom stereocenters. The molecule has 0 saturated carbocycles. The molecule has 0 aliphatic heterocycles. The smallest absolute Gasteiger partial charge is 0.164 e. The number of hydrogen-bond donors (Lipinski definition) is 0. The van der Waals surface area contributed by atoms with Crippen molar-refractivity contribution in [2.24, 2.45) is 0 Å². The lowest BCUT2D eigenvalue weighted by Gasteiger charge is -2.34. The second kappa shape index (κ2) is 14.8. The van der Waals surface area contributed by atoms with Crippen molar-refractivity contribution in [3.05, 3.63) is 258 Å². The van der Waals surface area contributed by atoms with Gasteiger partial charge in [0.1, 0.15) is 0 Å². The molecule has 0 radical (unpaired) electrons. The summed E-state index contributed by atoms with van der Waals surface area (Å²) in [5.74, 6) is 1.90. The van der Waals surface area contributed by atoms with E-state index in [1.54, 1.807) is 0 Å². The molecule has 3 nitrogen and oxygen atoms in total. The standard InChI is InChI=1S/C61H43N3/c1-60(2)52-28-16-15-26-51(52)56-48(27-17-29-53(56)60)44-34-36-49-50-37-35-45(39-55(50)61(54(49)38-44,46-22-11-5-12-23-46)47-24-13-6-14-25-47)59-63-57(42-20-9-4-10-21-42)62-58(64-59)43-32-30-41(31-33-43)40-18-7-3-8-19-40/h3-39H,1-2H3.